The summed E-state index contributed by atoms with van der Waals surface area (Å²) in [6.07, 6.45) is 2.42. The minimum Gasteiger partial charge on any atom is -0.491 e. The van der Waals surface area contributed by atoms with Gasteiger partial charge in [0, 0.05) is 30.1 Å². The molecule has 0 radical (unpaired) electrons. The standard InChI is InChI=1S/C23H27ClFNO3/c1-2-29-22-16-17(5-10-20(22)25)21(27)4-3-13-26-14-11-23(28,12-15-26)18-6-8-19(24)9-7-18/h5-10,16,28H,2-4,11-15H2,1H3. The van der Waals surface area contributed by atoms with E-state index in [1.165, 1.54) is 18.2 Å². The smallest absolute Gasteiger partial charge is 0.165 e. The van der Waals surface area contributed by atoms with E-state index in [4.69, 9.17) is 16.3 Å². The Kier molecular flexibility index (Phi) is 7.28. The van der Waals surface area contributed by atoms with Crippen LogP contribution in [0.5, 0.6) is 5.75 Å². The molecule has 1 aliphatic heterocycles. The Morgan fingerprint density at radius 1 is 1.21 bits per heavy atom. The molecule has 1 N–H and O–H groups in total. The van der Waals surface area contributed by atoms with E-state index >= 15 is 0 Å². The van der Waals surface area contributed by atoms with E-state index in [-0.39, 0.29) is 11.5 Å². The third-order valence-corrected chi connectivity index (χ3v) is 5.75. The Morgan fingerprint density at radius 3 is 2.55 bits per heavy atom. The van der Waals surface area contributed by atoms with Crippen molar-refractivity contribution in [2.75, 3.05) is 26.2 Å². The molecular formula is C23H27ClFNO3. The predicted molar refractivity (Wildman–Crippen MR) is 112 cm³/mol. The average Bonchev–Trinajstić information content (AvgIpc) is 2.71. The zero-order valence-electron chi connectivity index (χ0n) is 16.7. The summed E-state index contributed by atoms with van der Waals surface area (Å²) >= 11 is 5.94. The van der Waals surface area contributed by atoms with Gasteiger partial charge in [0.25, 0.3) is 0 Å². The fraction of sp³-hybridized carbons (Fsp3) is 0.435. The van der Waals surface area contributed by atoms with Gasteiger partial charge in [0.05, 0.1) is 12.2 Å². The molecule has 2 aromatic rings. The van der Waals surface area contributed by atoms with Crippen LogP contribution in [0, 0.1) is 5.82 Å². The number of benzene rings is 2. The molecule has 1 aliphatic rings. The fourth-order valence-electron chi connectivity index (χ4n) is 3.75. The van der Waals surface area contributed by atoms with E-state index in [9.17, 15) is 14.3 Å². The number of halogens is 2. The topological polar surface area (TPSA) is 49.8 Å². The molecule has 0 saturated carbocycles. The lowest BCUT2D eigenvalue weighted by atomic mass is 9.84. The second kappa shape index (κ2) is 9.70. The summed E-state index contributed by atoms with van der Waals surface area (Å²) in [5, 5.41) is 11.6. The van der Waals surface area contributed by atoms with E-state index in [0.717, 1.165) is 31.6 Å². The van der Waals surface area contributed by atoms with Gasteiger partial charge in [0.15, 0.2) is 17.3 Å². The maximum Gasteiger partial charge on any atom is 0.165 e. The number of likely N-dealkylation sites (tertiary alicyclic amines) is 1. The van der Waals surface area contributed by atoms with Crippen LogP contribution in [0.4, 0.5) is 4.39 Å². The number of nitrogens with zero attached hydrogens (tertiary/aromatic N) is 1. The largest absolute Gasteiger partial charge is 0.491 e. The minimum atomic E-state index is -0.819. The van der Waals surface area contributed by atoms with Gasteiger partial charge in [-0.25, -0.2) is 4.39 Å². The van der Waals surface area contributed by atoms with Crippen LogP contribution < -0.4 is 4.74 Å². The van der Waals surface area contributed by atoms with E-state index in [1.807, 2.05) is 12.1 Å². The minimum absolute atomic E-state index is 0.0133. The van der Waals surface area contributed by atoms with Crippen molar-refractivity contribution in [2.24, 2.45) is 0 Å². The number of carbonyl (C=O) groups is 1. The van der Waals surface area contributed by atoms with Crippen LogP contribution in [-0.2, 0) is 5.60 Å². The summed E-state index contributed by atoms with van der Waals surface area (Å²) in [7, 11) is 0. The molecule has 0 bridgehead atoms. The van der Waals surface area contributed by atoms with Crippen LogP contribution in [0.1, 0.15) is 48.5 Å². The van der Waals surface area contributed by atoms with Crippen LogP contribution in [0.15, 0.2) is 42.5 Å². The molecule has 0 amide bonds. The van der Waals surface area contributed by atoms with Crippen LogP contribution in [0.3, 0.4) is 0 Å². The molecule has 1 saturated heterocycles. The van der Waals surface area contributed by atoms with E-state index in [0.29, 0.717) is 36.5 Å². The Balaban J connectivity index is 1.46. The first-order valence-corrected chi connectivity index (χ1v) is 10.5. The highest BCUT2D eigenvalue weighted by atomic mass is 35.5. The highest BCUT2D eigenvalue weighted by molar-refractivity contribution is 6.30. The van der Waals surface area contributed by atoms with Gasteiger partial charge in [-0.3, -0.25) is 4.79 Å². The quantitative estimate of drug-likeness (QED) is 0.623. The van der Waals surface area contributed by atoms with Crippen molar-refractivity contribution in [3.63, 3.8) is 0 Å². The van der Waals surface area contributed by atoms with Crippen LogP contribution in [0.25, 0.3) is 0 Å². The van der Waals surface area contributed by atoms with Gasteiger partial charge < -0.3 is 14.7 Å². The molecule has 6 heteroatoms. The number of rotatable bonds is 8. The highest BCUT2D eigenvalue weighted by Crippen LogP contribution is 2.33. The molecule has 0 aliphatic carbocycles. The third kappa shape index (κ3) is 5.56. The molecule has 0 aromatic heterocycles. The first-order chi connectivity index (χ1) is 13.9. The molecule has 0 unspecified atom stereocenters. The van der Waals surface area contributed by atoms with Crippen molar-refractivity contribution < 1.29 is 19.0 Å². The Morgan fingerprint density at radius 2 is 1.90 bits per heavy atom. The number of Topliss-reactive ketones (excluding diaryl/α,β-unsaturated/α-hetero) is 1. The molecule has 156 valence electrons. The average molecular weight is 420 g/mol. The van der Waals surface area contributed by atoms with Crippen molar-refractivity contribution >= 4 is 17.4 Å². The second-order valence-electron chi connectivity index (χ2n) is 7.49. The summed E-state index contributed by atoms with van der Waals surface area (Å²) in [5.74, 6) is -0.346. The van der Waals surface area contributed by atoms with Gasteiger partial charge in [-0.2, -0.15) is 0 Å². The second-order valence-corrected chi connectivity index (χ2v) is 7.92. The zero-order valence-corrected chi connectivity index (χ0v) is 17.4. The number of aliphatic hydroxyl groups is 1. The van der Waals surface area contributed by atoms with Gasteiger partial charge >= 0.3 is 0 Å². The van der Waals surface area contributed by atoms with Gasteiger partial charge in [-0.15, -0.1) is 0 Å². The van der Waals surface area contributed by atoms with Crippen molar-refractivity contribution in [2.45, 2.75) is 38.2 Å². The summed E-state index contributed by atoms with van der Waals surface area (Å²) in [6, 6.07) is 11.6. The lowest BCUT2D eigenvalue weighted by molar-refractivity contribution is -0.0260. The van der Waals surface area contributed by atoms with Gasteiger partial charge in [-0.05, 0) is 68.6 Å². The van der Waals surface area contributed by atoms with Crippen LogP contribution in [0.2, 0.25) is 5.02 Å². The number of piperidine rings is 1. The number of carbonyl (C=O) groups excluding carboxylic acids is 1. The maximum absolute atomic E-state index is 13.7. The highest BCUT2D eigenvalue weighted by Gasteiger charge is 2.33. The molecule has 4 nitrogen and oxygen atoms in total. The van der Waals surface area contributed by atoms with Gasteiger partial charge in [0.1, 0.15) is 0 Å². The first-order valence-electron chi connectivity index (χ1n) is 10.1. The SMILES string of the molecule is CCOc1cc(C(=O)CCCN2CCC(O)(c3ccc(Cl)cc3)CC2)ccc1F. The monoisotopic (exact) mass is 419 g/mol. The number of ether oxygens (including phenoxy) is 1. The molecule has 1 fully saturated rings. The van der Waals surface area contributed by atoms with E-state index in [1.54, 1.807) is 19.1 Å². The van der Waals surface area contributed by atoms with Crippen molar-refractivity contribution in [3.05, 3.63) is 64.4 Å². The van der Waals surface area contributed by atoms with Crippen molar-refractivity contribution in [1.82, 2.24) is 4.90 Å². The summed E-state index contributed by atoms with van der Waals surface area (Å²) in [6.45, 7) is 4.48. The molecule has 2 aromatic carbocycles. The summed E-state index contributed by atoms with van der Waals surface area (Å²) in [4.78, 5) is 14.7. The van der Waals surface area contributed by atoms with E-state index < -0.39 is 11.4 Å². The number of hydrogen-bond donors (Lipinski definition) is 1. The maximum atomic E-state index is 13.7. The van der Waals surface area contributed by atoms with Gasteiger partial charge in [0.2, 0.25) is 0 Å². The molecule has 29 heavy (non-hydrogen) atoms. The molecule has 0 atom stereocenters. The van der Waals surface area contributed by atoms with Gasteiger partial charge in [-0.1, -0.05) is 23.7 Å². The molecule has 3 rings (SSSR count). The normalized spacial score (nSPS) is 16.6. The Hall–Kier alpha value is -1.95. The Bertz CT molecular complexity index is 833. The zero-order chi connectivity index (χ0) is 20.9. The lowest BCUT2D eigenvalue weighted by Gasteiger charge is -2.38. The van der Waals surface area contributed by atoms with Crippen LogP contribution in [-0.4, -0.2) is 42.0 Å². The van der Waals surface area contributed by atoms with E-state index in [2.05, 4.69) is 4.90 Å². The lowest BCUT2D eigenvalue weighted by Crippen LogP contribution is -2.42. The number of ketones is 1. The predicted octanol–water partition coefficient (Wildman–Crippen LogP) is 4.82. The van der Waals surface area contributed by atoms with Crippen molar-refractivity contribution in [3.8, 4) is 5.75 Å². The molecule has 0 spiro atoms. The number of hydrogen-bond acceptors (Lipinski definition) is 4. The third-order valence-electron chi connectivity index (χ3n) is 5.50. The Labute approximate surface area is 176 Å². The molecule has 1 heterocycles. The molecular weight excluding hydrogens is 393 g/mol. The van der Waals surface area contributed by atoms with Crippen molar-refractivity contribution in [1.29, 1.82) is 0 Å². The van der Waals surface area contributed by atoms with Crippen LogP contribution >= 0.6 is 11.6 Å². The first kappa shape index (κ1) is 21.8. The fourth-order valence-corrected chi connectivity index (χ4v) is 3.87. The summed E-state index contributed by atoms with van der Waals surface area (Å²) < 4.78 is 18.9. The summed E-state index contributed by atoms with van der Waals surface area (Å²) in [5.41, 5.74) is 0.560.